The lowest BCUT2D eigenvalue weighted by Gasteiger charge is -2.49. The molecule has 5 nitrogen and oxygen atoms in total. The Bertz CT molecular complexity index is 1050. The van der Waals surface area contributed by atoms with E-state index in [-0.39, 0.29) is 5.41 Å². The number of aryl methyl sites for hydroxylation is 3. The molecule has 3 aliphatic carbocycles. The maximum atomic E-state index is 9.88. The van der Waals surface area contributed by atoms with E-state index in [2.05, 4.69) is 30.1 Å². The summed E-state index contributed by atoms with van der Waals surface area (Å²) in [5.41, 5.74) is 7.51. The first-order valence-electron chi connectivity index (χ1n) is 11.3. The Labute approximate surface area is 178 Å². The molecule has 4 atom stereocenters. The Balaban J connectivity index is 1.39. The van der Waals surface area contributed by atoms with Gasteiger partial charge in [-0.2, -0.15) is 15.3 Å². The minimum atomic E-state index is 0.173. The van der Waals surface area contributed by atoms with Gasteiger partial charge in [-0.05, 0) is 93.4 Å². The van der Waals surface area contributed by atoms with Gasteiger partial charge in [0.25, 0.3) is 0 Å². The lowest BCUT2D eigenvalue weighted by Crippen LogP contribution is -2.42. The van der Waals surface area contributed by atoms with Crippen LogP contribution in [0.25, 0.3) is 0 Å². The zero-order valence-electron chi connectivity index (χ0n) is 18.5. The largest absolute Gasteiger partial charge is 0.508 e. The summed E-state index contributed by atoms with van der Waals surface area (Å²) in [5, 5.41) is 23.6. The molecule has 5 heteroatoms. The first-order chi connectivity index (χ1) is 14.4. The van der Waals surface area contributed by atoms with Crippen LogP contribution in [0.4, 0.5) is 0 Å². The Hall–Kier alpha value is -2.43. The lowest BCUT2D eigenvalue weighted by molar-refractivity contribution is 0.0955. The average molecular weight is 405 g/mol. The SMILES string of the molecule is Cc1nn(C)c(C)c1/C=N\N=C1\CC[C@H]2[C@H]3CCc4cc(O)ccc4[C@@H]3CC[C@]12C. The number of aromatic hydroxyl groups is 1. The van der Waals surface area contributed by atoms with E-state index in [9.17, 15) is 5.11 Å². The number of phenolic OH excluding ortho intramolecular Hbond substituents is 1. The van der Waals surface area contributed by atoms with Gasteiger partial charge in [-0.1, -0.05) is 13.0 Å². The molecule has 0 unspecified atom stereocenters. The number of hydrogen-bond acceptors (Lipinski definition) is 4. The maximum Gasteiger partial charge on any atom is 0.115 e. The molecule has 0 spiro atoms. The third-order valence-corrected chi connectivity index (χ3v) is 8.38. The topological polar surface area (TPSA) is 62.8 Å². The van der Waals surface area contributed by atoms with Crippen molar-refractivity contribution >= 4 is 11.9 Å². The van der Waals surface area contributed by atoms with Crippen LogP contribution in [0.1, 0.15) is 73.0 Å². The highest BCUT2D eigenvalue weighted by molar-refractivity contribution is 5.93. The number of hydrogen-bond donors (Lipinski definition) is 1. The van der Waals surface area contributed by atoms with Crippen LogP contribution in [-0.4, -0.2) is 26.8 Å². The molecule has 0 saturated heterocycles. The quantitative estimate of drug-likeness (QED) is 0.561. The fraction of sp³-hybridized carbons (Fsp3) is 0.560. The van der Waals surface area contributed by atoms with Gasteiger partial charge >= 0.3 is 0 Å². The fourth-order valence-corrected chi connectivity index (χ4v) is 6.65. The number of phenols is 1. The molecule has 158 valence electrons. The van der Waals surface area contributed by atoms with Crippen molar-refractivity contribution < 1.29 is 5.11 Å². The minimum absolute atomic E-state index is 0.173. The second kappa shape index (κ2) is 7.07. The summed E-state index contributed by atoms with van der Waals surface area (Å²) in [6.45, 7) is 6.53. The van der Waals surface area contributed by atoms with Crippen LogP contribution in [0, 0.1) is 31.1 Å². The van der Waals surface area contributed by atoms with Gasteiger partial charge in [0.2, 0.25) is 0 Å². The van der Waals surface area contributed by atoms with Crippen LogP contribution in [0.15, 0.2) is 28.4 Å². The van der Waals surface area contributed by atoms with E-state index in [4.69, 9.17) is 5.10 Å². The van der Waals surface area contributed by atoms with Gasteiger partial charge in [0.1, 0.15) is 5.75 Å². The molecular formula is C25H32N4O. The summed E-state index contributed by atoms with van der Waals surface area (Å²) >= 11 is 0. The molecule has 2 fully saturated rings. The van der Waals surface area contributed by atoms with E-state index in [1.54, 1.807) is 0 Å². The van der Waals surface area contributed by atoms with E-state index in [1.807, 2.05) is 37.0 Å². The van der Waals surface area contributed by atoms with E-state index in [0.717, 1.165) is 35.7 Å². The maximum absolute atomic E-state index is 9.88. The Kier molecular flexibility index (Phi) is 4.60. The third kappa shape index (κ3) is 2.93. The molecule has 1 aromatic carbocycles. The highest BCUT2D eigenvalue weighted by Crippen LogP contribution is 2.60. The normalized spacial score (nSPS) is 31.7. The summed E-state index contributed by atoms with van der Waals surface area (Å²) < 4.78 is 1.90. The second-order valence-corrected chi connectivity index (χ2v) is 9.79. The van der Waals surface area contributed by atoms with Crippen LogP contribution >= 0.6 is 0 Å². The lowest BCUT2D eigenvalue weighted by atomic mass is 9.55. The molecule has 1 aromatic heterocycles. The summed E-state index contributed by atoms with van der Waals surface area (Å²) in [5.74, 6) is 2.45. The van der Waals surface area contributed by atoms with Crippen molar-refractivity contribution in [1.82, 2.24) is 9.78 Å². The molecule has 2 saturated carbocycles. The molecule has 0 aliphatic heterocycles. The number of aromatic nitrogens is 2. The molecule has 0 bridgehead atoms. The zero-order chi connectivity index (χ0) is 21.0. The van der Waals surface area contributed by atoms with Crippen molar-refractivity contribution in [3.05, 3.63) is 46.3 Å². The van der Waals surface area contributed by atoms with Crippen LogP contribution in [-0.2, 0) is 13.5 Å². The van der Waals surface area contributed by atoms with E-state index < -0.39 is 0 Å². The van der Waals surface area contributed by atoms with Crippen molar-refractivity contribution in [2.24, 2.45) is 34.5 Å². The number of rotatable bonds is 2. The van der Waals surface area contributed by atoms with Gasteiger partial charge in [0.15, 0.2) is 0 Å². The van der Waals surface area contributed by atoms with Gasteiger partial charge in [-0.3, -0.25) is 4.68 Å². The monoisotopic (exact) mass is 404 g/mol. The van der Waals surface area contributed by atoms with Gasteiger partial charge in [-0.15, -0.1) is 0 Å². The van der Waals surface area contributed by atoms with E-state index in [1.165, 1.54) is 42.5 Å². The molecule has 1 N–H and O–H groups in total. The zero-order valence-corrected chi connectivity index (χ0v) is 18.5. The number of fused-ring (bicyclic) bond motifs is 5. The molecule has 3 aliphatic rings. The van der Waals surface area contributed by atoms with Crippen LogP contribution < -0.4 is 0 Å². The highest BCUT2D eigenvalue weighted by atomic mass is 16.3. The Morgan fingerprint density at radius 2 is 2.03 bits per heavy atom. The van der Waals surface area contributed by atoms with Crippen molar-refractivity contribution in [2.45, 2.75) is 65.2 Å². The fourth-order valence-electron chi connectivity index (χ4n) is 6.65. The minimum Gasteiger partial charge on any atom is -0.508 e. The molecular weight excluding hydrogens is 372 g/mol. The molecule has 5 rings (SSSR count). The number of nitrogens with zero attached hydrogens (tertiary/aromatic N) is 4. The van der Waals surface area contributed by atoms with Crippen LogP contribution in [0.3, 0.4) is 0 Å². The van der Waals surface area contributed by atoms with Gasteiger partial charge < -0.3 is 5.11 Å². The van der Waals surface area contributed by atoms with Gasteiger partial charge in [0, 0.05) is 29.4 Å². The smallest absolute Gasteiger partial charge is 0.115 e. The highest BCUT2D eigenvalue weighted by Gasteiger charge is 2.53. The van der Waals surface area contributed by atoms with E-state index >= 15 is 0 Å². The third-order valence-electron chi connectivity index (χ3n) is 8.38. The molecule has 2 aromatic rings. The number of benzene rings is 1. The van der Waals surface area contributed by atoms with Crippen molar-refractivity contribution in [1.29, 1.82) is 0 Å². The van der Waals surface area contributed by atoms with Crippen molar-refractivity contribution in [3.8, 4) is 5.75 Å². The predicted molar refractivity (Wildman–Crippen MR) is 120 cm³/mol. The standard InChI is InChI=1S/C25H32N4O/c1-15-22(16(2)29(4)28-15)14-26-27-24-10-9-23-21-7-5-17-13-18(30)6-8-19(17)20(21)11-12-25(23,24)3/h6,8,13-14,20-21,23,30H,5,7,9-12H2,1-4H3/b26-14-,27-24-/t20-,21-,23-,25-/m0/s1. The van der Waals surface area contributed by atoms with E-state index in [0.29, 0.717) is 17.6 Å². The first kappa shape index (κ1) is 19.5. The van der Waals surface area contributed by atoms with Gasteiger partial charge in [-0.25, -0.2) is 0 Å². The molecule has 1 heterocycles. The summed E-state index contributed by atoms with van der Waals surface area (Å²) in [6, 6.07) is 6.03. The summed E-state index contributed by atoms with van der Waals surface area (Å²) in [6.07, 6.45) is 8.88. The van der Waals surface area contributed by atoms with Gasteiger partial charge in [0.05, 0.1) is 11.9 Å². The van der Waals surface area contributed by atoms with Crippen LogP contribution in [0.5, 0.6) is 5.75 Å². The van der Waals surface area contributed by atoms with Crippen LogP contribution in [0.2, 0.25) is 0 Å². The Morgan fingerprint density at radius 1 is 1.20 bits per heavy atom. The molecule has 30 heavy (non-hydrogen) atoms. The van der Waals surface area contributed by atoms with Crippen molar-refractivity contribution in [2.75, 3.05) is 0 Å². The summed E-state index contributed by atoms with van der Waals surface area (Å²) in [7, 11) is 1.97. The predicted octanol–water partition coefficient (Wildman–Crippen LogP) is 5.07. The summed E-state index contributed by atoms with van der Waals surface area (Å²) in [4.78, 5) is 0. The second-order valence-electron chi connectivity index (χ2n) is 9.79. The molecule has 0 radical (unpaired) electrons. The van der Waals surface area contributed by atoms with Crippen molar-refractivity contribution in [3.63, 3.8) is 0 Å². The molecule has 0 amide bonds. The first-order valence-corrected chi connectivity index (χ1v) is 11.3. The average Bonchev–Trinajstić information content (AvgIpc) is 3.18. The Morgan fingerprint density at radius 3 is 2.80 bits per heavy atom.